The fourth-order valence-electron chi connectivity index (χ4n) is 2.68. The number of ether oxygens (including phenoxy) is 1. The van der Waals surface area contributed by atoms with Gasteiger partial charge < -0.3 is 14.5 Å². The molecule has 1 aromatic carbocycles. The van der Waals surface area contributed by atoms with Crippen LogP contribution in [-0.4, -0.2) is 55.7 Å². The molecule has 0 bridgehead atoms. The van der Waals surface area contributed by atoms with E-state index in [0.717, 1.165) is 34.3 Å². The Kier molecular flexibility index (Phi) is 4.59. The monoisotopic (exact) mass is 363 g/mol. The lowest BCUT2D eigenvalue weighted by Gasteiger charge is -2.35. The number of hydrogen-bond donors (Lipinski definition) is 0. The van der Waals surface area contributed by atoms with Crippen molar-refractivity contribution in [3.8, 4) is 0 Å². The van der Waals surface area contributed by atoms with Gasteiger partial charge in [0.25, 0.3) is 0 Å². The van der Waals surface area contributed by atoms with Crippen LogP contribution in [0.15, 0.2) is 34.8 Å². The van der Waals surface area contributed by atoms with Gasteiger partial charge in [-0.25, -0.2) is 4.98 Å². The van der Waals surface area contributed by atoms with Gasteiger partial charge in [0.2, 0.25) is 5.91 Å². The molecule has 6 heteroatoms. The Balaban J connectivity index is 1.74. The van der Waals surface area contributed by atoms with Gasteiger partial charge in [0.05, 0.1) is 5.52 Å². The highest BCUT2D eigenvalue weighted by atomic mass is 79.9. The molecule has 3 rings (SSSR count). The minimum Gasteiger partial charge on any atom is -0.375 e. The van der Waals surface area contributed by atoms with E-state index in [9.17, 15) is 4.79 Å². The van der Waals surface area contributed by atoms with Crippen LogP contribution in [0.1, 0.15) is 0 Å². The van der Waals surface area contributed by atoms with Crippen molar-refractivity contribution in [2.24, 2.45) is 0 Å². The summed E-state index contributed by atoms with van der Waals surface area (Å²) in [5.41, 5.74) is 0.970. The van der Waals surface area contributed by atoms with Crippen molar-refractivity contribution in [1.29, 1.82) is 0 Å². The van der Waals surface area contributed by atoms with Crippen molar-refractivity contribution in [2.75, 3.05) is 44.8 Å². The molecular weight excluding hydrogens is 346 g/mol. The topological polar surface area (TPSA) is 45.7 Å². The van der Waals surface area contributed by atoms with Gasteiger partial charge in [-0.1, -0.05) is 12.1 Å². The van der Waals surface area contributed by atoms with Crippen LogP contribution < -0.4 is 4.90 Å². The van der Waals surface area contributed by atoms with Crippen LogP contribution in [0.2, 0.25) is 0 Å². The number of aromatic nitrogens is 1. The Bertz CT molecular complexity index is 684. The maximum atomic E-state index is 11.8. The first-order chi connectivity index (χ1) is 10.7. The largest absolute Gasteiger partial charge is 0.375 e. The number of piperazine rings is 1. The van der Waals surface area contributed by atoms with E-state index >= 15 is 0 Å². The van der Waals surface area contributed by atoms with Gasteiger partial charge >= 0.3 is 0 Å². The van der Waals surface area contributed by atoms with Crippen molar-refractivity contribution in [1.82, 2.24) is 9.88 Å². The standard InChI is InChI=1S/C16H18BrN3O2/c1-22-11-15(21)20-9-7-19(8-10-20)14-6-5-12-3-2-4-13(17)16(12)18-14/h2-6H,7-11H2,1H3. The highest BCUT2D eigenvalue weighted by Gasteiger charge is 2.21. The zero-order chi connectivity index (χ0) is 15.5. The van der Waals surface area contributed by atoms with Crippen LogP contribution in [-0.2, 0) is 9.53 Å². The molecule has 0 unspecified atom stereocenters. The van der Waals surface area contributed by atoms with E-state index in [-0.39, 0.29) is 12.5 Å². The number of para-hydroxylation sites is 1. The Morgan fingerprint density at radius 2 is 2.00 bits per heavy atom. The van der Waals surface area contributed by atoms with Gasteiger partial charge in [-0.3, -0.25) is 4.79 Å². The normalized spacial score (nSPS) is 15.4. The van der Waals surface area contributed by atoms with Gasteiger partial charge in [-0.15, -0.1) is 0 Å². The zero-order valence-electron chi connectivity index (χ0n) is 12.5. The van der Waals surface area contributed by atoms with E-state index in [0.29, 0.717) is 13.1 Å². The molecule has 0 N–H and O–H groups in total. The van der Waals surface area contributed by atoms with E-state index in [2.05, 4.69) is 33.0 Å². The Morgan fingerprint density at radius 3 is 2.73 bits per heavy atom. The molecule has 2 heterocycles. The van der Waals surface area contributed by atoms with Crippen LogP contribution in [0.5, 0.6) is 0 Å². The van der Waals surface area contributed by atoms with Crippen LogP contribution in [0, 0.1) is 0 Å². The maximum absolute atomic E-state index is 11.8. The first-order valence-electron chi connectivity index (χ1n) is 7.26. The predicted molar refractivity (Wildman–Crippen MR) is 90.1 cm³/mol. The number of amides is 1. The molecule has 0 aliphatic carbocycles. The third kappa shape index (κ3) is 3.08. The number of benzene rings is 1. The fourth-order valence-corrected chi connectivity index (χ4v) is 3.15. The summed E-state index contributed by atoms with van der Waals surface area (Å²) in [6.07, 6.45) is 0. The van der Waals surface area contributed by atoms with Crippen LogP contribution in [0.4, 0.5) is 5.82 Å². The van der Waals surface area contributed by atoms with E-state index in [4.69, 9.17) is 9.72 Å². The van der Waals surface area contributed by atoms with Crippen LogP contribution in [0.25, 0.3) is 10.9 Å². The summed E-state index contributed by atoms with van der Waals surface area (Å²) < 4.78 is 5.91. The van der Waals surface area contributed by atoms with E-state index in [1.807, 2.05) is 23.1 Å². The van der Waals surface area contributed by atoms with Gasteiger partial charge in [0.1, 0.15) is 12.4 Å². The number of nitrogens with zero attached hydrogens (tertiary/aromatic N) is 3. The molecule has 116 valence electrons. The van der Waals surface area contributed by atoms with Gasteiger partial charge in [0.15, 0.2) is 0 Å². The van der Waals surface area contributed by atoms with E-state index in [1.165, 1.54) is 0 Å². The highest BCUT2D eigenvalue weighted by Crippen LogP contribution is 2.25. The minimum absolute atomic E-state index is 0.0522. The molecule has 1 saturated heterocycles. The molecule has 0 spiro atoms. The number of anilines is 1. The third-order valence-electron chi connectivity index (χ3n) is 3.88. The van der Waals surface area contributed by atoms with Crippen molar-refractivity contribution in [3.05, 3.63) is 34.8 Å². The number of carbonyl (C=O) groups is 1. The number of fused-ring (bicyclic) bond motifs is 1. The van der Waals surface area contributed by atoms with Gasteiger partial charge in [0, 0.05) is 43.1 Å². The average molecular weight is 364 g/mol. The van der Waals surface area contributed by atoms with Crippen LogP contribution in [0.3, 0.4) is 0 Å². The Morgan fingerprint density at radius 1 is 1.23 bits per heavy atom. The minimum atomic E-state index is 0.0522. The number of methoxy groups -OCH3 is 1. The molecular formula is C16H18BrN3O2. The number of pyridine rings is 1. The predicted octanol–water partition coefficient (Wildman–Crippen LogP) is 2.29. The van der Waals surface area contributed by atoms with Crippen molar-refractivity contribution < 1.29 is 9.53 Å². The second-order valence-corrected chi connectivity index (χ2v) is 6.14. The average Bonchev–Trinajstić information content (AvgIpc) is 2.55. The number of halogens is 1. The van der Waals surface area contributed by atoms with Crippen molar-refractivity contribution in [2.45, 2.75) is 0 Å². The molecule has 1 aromatic heterocycles. The Labute approximate surface area is 138 Å². The lowest BCUT2D eigenvalue weighted by Crippen LogP contribution is -2.49. The zero-order valence-corrected chi connectivity index (χ0v) is 14.0. The lowest BCUT2D eigenvalue weighted by molar-refractivity contribution is -0.135. The summed E-state index contributed by atoms with van der Waals surface area (Å²) in [4.78, 5) is 20.6. The Hall–Kier alpha value is -1.66. The summed E-state index contributed by atoms with van der Waals surface area (Å²) >= 11 is 3.55. The molecule has 5 nitrogen and oxygen atoms in total. The smallest absolute Gasteiger partial charge is 0.248 e. The first-order valence-corrected chi connectivity index (χ1v) is 8.05. The van der Waals surface area contributed by atoms with Gasteiger partial charge in [-0.05, 0) is 34.1 Å². The first kappa shape index (κ1) is 15.2. The molecule has 0 radical (unpaired) electrons. The summed E-state index contributed by atoms with van der Waals surface area (Å²) in [6.45, 7) is 3.15. The number of hydrogen-bond acceptors (Lipinski definition) is 4. The summed E-state index contributed by atoms with van der Waals surface area (Å²) in [6, 6.07) is 10.2. The molecule has 1 fully saturated rings. The van der Waals surface area contributed by atoms with Gasteiger partial charge in [-0.2, -0.15) is 0 Å². The molecule has 1 aliphatic heterocycles. The van der Waals surface area contributed by atoms with Crippen LogP contribution >= 0.6 is 15.9 Å². The molecule has 2 aromatic rings. The molecule has 1 aliphatic rings. The molecule has 0 atom stereocenters. The second kappa shape index (κ2) is 6.62. The molecule has 1 amide bonds. The summed E-state index contributed by atoms with van der Waals surface area (Å²) in [7, 11) is 1.55. The fraction of sp³-hybridized carbons (Fsp3) is 0.375. The SMILES string of the molecule is COCC(=O)N1CCN(c2ccc3cccc(Br)c3n2)CC1. The van der Waals surface area contributed by atoms with Crippen molar-refractivity contribution >= 4 is 38.6 Å². The molecule has 22 heavy (non-hydrogen) atoms. The number of rotatable bonds is 3. The summed E-state index contributed by atoms with van der Waals surface area (Å²) in [5.74, 6) is 1.01. The lowest BCUT2D eigenvalue weighted by atomic mass is 10.2. The molecule has 0 saturated carbocycles. The van der Waals surface area contributed by atoms with Crippen molar-refractivity contribution in [3.63, 3.8) is 0 Å². The van der Waals surface area contributed by atoms with E-state index in [1.54, 1.807) is 7.11 Å². The quantitative estimate of drug-likeness (QED) is 0.839. The third-order valence-corrected chi connectivity index (χ3v) is 4.52. The number of carbonyl (C=O) groups excluding carboxylic acids is 1. The highest BCUT2D eigenvalue weighted by molar-refractivity contribution is 9.10. The maximum Gasteiger partial charge on any atom is 0.248 e. The summed E-state index contributed by atoms with van der Waals surface area (Å²) in [5, 5.41) is 1.12. The van der Waals surface area contributed by atoms with E-state index < -0.39 is 0 Å². The second-order valence-electron chi connectivity index (χ2n) is 5.28.